The Morgan fingerprint density at radius 3 is 1.51 bits per heavy atom. The van der Waals surface area contributed by atoms with E-state index in [2.05, 4.69) is 42.6 Å². The summed E-state index contributed by atoms with van der Waals surface area (Å²) in [5.41, 5.74) is -1.79. The number of nitrogens with zero attached hydrogens (tertiary/aromatic N) is 3. The lowest BCUT2D eigenvalue weighted by Crippen LogP contribution is -2.42. The molecule has 0 saturated heterocycles. The minimum absolute atomic E-state index is 0. The fourth-order valence-electron chi connectivity index (χ4n) is 6.21. The molecule has 0 amide bonds. The molecule has 394 valence electrons. The average molecular weight is 1080 g/mol. The van der Waals surface area contributed by atoms with Gasteiger partial charge in [-0.15, -0.1) is 0 Å². The third-order valence-electron chi connectivity index (χ3n) is 9.66. The number of carbonyl (C=O) groups is 2. The average Bonchev–Trinajstić information content (AvgIpc) is 3.68. The van der Waals surface area contributed by atoms with Crippen LogP contribution in [-0.2, 0) is 19.9 Å². The number of alkyl halides is 6. The Hall–Kier alpha value is -4.80. The molecule has 1 atom stereocenters. The van der Waals surface area contributed by atoms with Gasteiger partial charge in [-0.2, -0.15) is 26.3 Å². The second-order valence-corrected chi connectivity index (χ2v) is 19.1. The molecule has 0 radical (unpaired) electrons. The van der Waals surface area contributed by atoms with Gasteiger partial charge in [0.1, 0.15) is 11.2 Å². The molecule has 4 aromatic carbocycles. The van der Waals surface area contributed by atoms with Crippen molar-refractivity contribution in [2.75, 3.05) is 19.6 Å². The van der Waals surface area contributed by atoms with Crippen LogP contribution in [-0.4, -0.2) is 77.2 Å². The number of aryl methyl sites for hydroxylation is 2. The fraction of sp³-hybridized carbons (Fsp3) is 0.423. The van der Waals surface area contributed by atoms with Crippen molar-refractivity contribution in [3.8, 4) is 0 Å². The number of ether oxygens (including phenoxy) is 2. The standard InChI is InChI=1S/C22H20Cl2F3NO3.C13H17NO3.C9H5Cl2F3.C6H15N.2CH4/c1-12-7-13(5-6-17(12)19(29)30-20(2,3)4)18-11-21(31-28-18,22(25,26)27)14-8-15(23)10-16(24)9-14;1-9-7-10(8-14-16)5-6-11(9)12(15)17-13(2,3)4;1-5(9(12,13)14)6-2-7(10)4-8(11)3-6;1-4-7(5-2)6-3;;/h5-10H,11H2,1-4H3;5-8,16H,1-4H3;2-4H,1H2;4-6H2,1-3H3;2*1H4/b;14-8+;;;;. The highest BCUT2D eigenvalue weighted by atomic mass is 35.5. The summed E-state index contributed by atoms with van der Waals surface area (Å²) in [6, 6.07) is 17.1. The van der Waals surface area contributed by atoms with E-state index in [0.29, 0.717) is 22.3 Å². The van der Waals surface area contributed by atoms with Gasteiger partial charge in [0, 0.05) is 32.1 Å². The lowest BCUT2D eigenvalue weighted by atomic mass is 9.86. The van der Waals surface area contributed by atoms with Gasteiger partial charge in [0.25, 0.3) is 5.60 Å². The molecular formula is C52H65Cl4F6N3O6. The summed E-state index contributed by atoms with van der Waals surface area (Å²) < 4.78 is 89.6. The molecule has 4 aromatic rings. The van der Waals surface area contributed by atoms with E-state index in [0.717, 1.165) is 23.3 Å². The van der Waals surface area contributed by atoms with Crippen LogP contribution in [0.1, 0.15) is 138 Å². The van der Waals surface area contributed by atoms with Crippen molar-refractivity contribution in [1.29, 1.82) is 0 Å². The molecule has 5 rings (SSSR count). The van der Waals surface area contributed by atoms with E-state index in [4.69, 9.17) is 65.9 Å². The number of rotatable bonds is 9. The molecule has 0 saturated carbocycles. The third-order valence-corrected chi connectivity index (χ3v) is 10.5. The SMILES string of the molecule is C.C.C=C(c1cc(Cl)cc(Cl)c1)C(F)(F)F.CCN(CC)CC.Cc1cc(/C=N/O)ccc1C(=O)OC(C)(C)C.Cc1cc(C2=NOC(c3cc(Cl)cc(Cl)c3)(C(F)(F)F)C2)ccc1C(=O)OC(C)(C)C. The van der Waals surface area contributed by atoms with Gasteiger partial charge in [0.05, 0.1) is 28.6 Å². The Kier molecular flexibility index (Phi) is 26.0. The highest BCUT2D eigenvalue weighted by Gasteiger charge is 2.62. The molecular weight excluding hydrogens is 1020 g/mol. The summed E-state index contributed by atoms with van der Waals surface area (Å²) in [6.07, 6.45) is -8.50. The Balaban J connectivity index is 0.00000104. The van der Waals surface area contributed by atoms with E-state index in [9.17, 15) is 35.9 Å². The summed E-state index contributed by atoms with van der Waals surface area (Å²) in [4.78, 5) is 31.6. The summed E-state index contributed by atoms with van der Waals surface area (Å²) in [6.45, 7) is 27.3. The van der Waals surface area contributed by atoms with Gasteiger partial charge in [-0.1, -0.05) is 111 Å². The van der Waals surface area contributed by atoms with Crippen LogP contribution in [0.25, 0.3) is 5.57 Å². The van der Waals surface area contributed by atoms with E-state index in [1.54, 1.807) is 52.0 Å². The van der Waals surface area contributed by atoms with Crippen LogP contribution in [0.15, 0.2) is 89.7 Å². The first-order chi connectivity index (χ1) is 31.7. The number of halogens is 10. The maximum Gasteiger partial charge on any atom is 0.435 e. The van der Waals surface area contributed by atoms with Crippen molar-refractivity contribution in [3.63, 3.8) is 0 Å². The normalized spacial score (nSPS) is 14.4. The van der Waals surface area contributed by atoms with Crippen molar-refractivity contribution in [2.45, 2.75) is 127 Å². The molecule has 0 fully saturated rings. The monoisotopic (exact) mass is 1080 g/mol. The second kappa shape index (κ2) is 27.9. The lowest BCUT2D eigenvalue weighted by Gasteiger charge is -2.29. The minimum Gasteiger partial charge on any atom is -0.456 e. The van der Waals surface area contributed by atoms with Gasteiger partial charge < -0.3 is 24.4 Å². The first-order valence-corrected chi connectivity index (χ1v) is 22.8. The molecule has 0 bridgehead atoms. The van der Waals surface area contributed by atoms with Crippen LogP contribution in [0.4, 0.5) is 26.3 Å². The van der Waals surface area contributed by atoms with Crippen LogP contribution in [0.3, 0.4) is 0 Å². The summed E-state index contributed by atoms with van der Waals surface area (Å²) in [5, 5.41) is 15.5. The van der Waals surface area contributed by atoms with Gasteiger partial charge in [0.15, 0.2) is 0 Å². The Labute approximate surface area is 434 Å². The molecule has 71 heavy (non-hydrogen) atoms. The molecule has 0 aromatic heterocycles. The van der Waals surface area contributed by atoms with E-state index < -0.39 is 47.1 Å². The summed E-state index contributed by atoms with van der Waals surface area (Å²) in [5.74, 6) is -0.859. The van der Waals surface area contributed by atoms with E-state index >= 15 is 0 Å². The maximum absolute atomic E-state index is 14.1. The number of benzene rings is 4. The molecule has 1 aliphatic rings. The first-order valence-electron chi connectivity index (χ1n) is 21.3. The topological polar surface area (TPSA) is 110 Å². The first kappa shape index (κ1) is 66.2. The van der Waals surface area contributed by atoms with Crippen molar-refractivity contribution in [3.05, 3.63) is 144 Å². The van der Waals surface area contributed by atoms with Crippen molar-refractivity contribution in [2.24, 2.45) is 10.3 Å². The van der Waals surface area contributed by atoms with Crippen LogP contribution < -0.4 is 0 Å². The largest absolute Gasteiger partial charge is 0.456 e. The Bertz CT molecular complexity index is 2430. The summed E-state index contributed by atoms with van der Waals surface area (Å²) >= 11 is 22.9. The molecule has 1 N–H and O–H groups in total. The van der Waals surface area contributed by atoms with Crippen molar-refractivity contribution in [1.82, 2.24) is 4.90 Å². The zero-order chi connectivity index (χ0) is 52.9. The zero-order valence-corrected chi connectivity index (χ0v) is 43.2. The van der Waals surface area contributed by atoms with Gasteiger partial charge in [-0.25, -0.2) is 9.59 Å². The van der Waals surface area contributed by atoms with Crippen LogP contribution in [0, 0.1) is 13.8 Å². The Morgan fingerprint density at radius 1 is 0.732 bits per heavy atom. The van der Waals surface area contributed by atoms with E-state index in [-0.39, 0.29) is 57.8 Å². The number of hydrogen-bond acceptors (Lipinski definition) is 9. The van der Waals surface area contributed by atoms with Crippen molar-refractivity contribution < 1.29 is 55.5 Å². The molecule has 1 unspecified atom stereocenters. The predicted molar refractivity (Wildman–Crippen MR) is 277 cm³/mol. The molecule has 0 aliphatic carbocycles. The number of hydrogen-bond donors (Lipinski definition) is 1. The van der Waals surface area contributed by atoms with Crippen LogP contribution in [0.2, 0.25) is 20.1 Å². The van der Waals surface area contributed by atoms with Crippen LogP contribution >= 0.6 is 46.4 Å². The van der Waals surface area contributed by atoms with Gasteiger partial charge in [-0.05, 0) is 164 Å². The molecule has 1 heterocycles. The molecule has 9 nitrogen and oxygen atoms in total. The quantitative estimate of drug-likeness (QED) is 0.0584. The zero-order valence-electron chi connectivity index (χ0n) is 40.2. The lowest BCUT2D eigenvalue weighted by molar-refractivity contribution is -0.275. The summed E-state index contributed by atoms with van der Waals surface area (Å²) in [7, 11) is 0. The predicted octanol–water partition coefficient (Wildman–Crippen LogP) is 16.8. The second-order valence-electron chi connectivity index (χ2n) is 17.4. The highest BCUT2D eigenvalue weighted by Crippen LogP contribution is 2.50. The van der Waals surface area contributed by atoms with Gasteiger partial charge in [0.2, 0.25) is 0 Å². The van der Waals surface area contributed by atoms with E-state index in [1.165, 1.54) is 62.2 Å². The van der Waals surface area contributed by atoms with E-state index in [1.807, 2.05) is 27.7 Å². The Morgan fingerprint density at radius 2 is 1.15 bits per heavy atom. The number of carbonyl (C=O) groups excluding carboxylic acids is 2. The number of esters is 2. The number of allylic oxidation sites excluding steroid dienone is 1. The third kappa shape index (κ3) is 20.7. The van der Waals surface area contributed by atoms with Gasteiger partial charge >= 0.3 is 24.3 Å². The highest BCUT2D eigenvalue weighted by molar-refractivity contribution is 6.35. The van der Waals surface area contributed by atoms with Gasteiger partial charge in [-0.3, -0.25) is 0 Å². The molecule has 19 heteroatoms. The molecule has 1 aliphatic heterocycles. The minimum atomic E-state index is -4.78. The maximum atomic E-state index is 14.1. The van der Waals surface area contributed by atoms with Crippen molar-refractivity contribution >= 4 is 75.8 Å². The van der Waals surface area contributed by atoms with Crippen LogP contribution in [0.5, 0.6) is 0 Å². The smallest absolute Gasteiger partial charge is 0.435 e. The molecule has 0 spiro atoms. The fourth-order valence-corrected chi connectivity index (χ4v) is 7.26. The number of oxime groups is 2.